The van der Waals surface area contributed by atoms with E-state index in [4.69, 9.17) is 19.2 Å². The molecule has 5 heterocycles. The van der Waals surface area contributed by atoms with Crippen LogP contribution >= 0.6 is 0 Å². The molecule has 1 amide bonds. The highest BCUT2D eigenvalue weighted by molar-refractivity contribution is 5.98. The minimum atomic E-state index is -0.220. The largest absolute Gasteiger partial charge is 0.491 e. The summed E-state index contributed by atoms with van der Waals surface area (Å²) in [6.45, 7) is 8.64. The number of para-hydroxylation sites is 2. The maximum absolute atomic E-state index is 14.1. The van der Waals surface area contributed by atoms with Crippen LogP contribution in [0.15, 0.2) is 91.1 Å². The molecule has 0 aliphatic carbocycles. The number of nitrogens with zero attached hydrogens (tertiary/aromatic N) is 5. The van der Waals surface area contributed by atoms with Gasteiger partial charge in [-0.1, -0.05) is 36.4 Å². The Morgan fingerprint density at radius 3 is 2.58 bits per heavy atom. The summed E-state index contributed by atoms with van der Waals surface area (Å²) in [4.78, 5) is 41.7. The molecule has 2 saturated heterocycles. The standard InChI is InChI=1S/C43H47N5O5/c1-30(2)53-35-10-7-8-31(24-35)25-40(49)47-23-18-43(28-47,33-13-14-38-39(26-33)52-29-51-38)17-22-46-20-15-32(16-21-46)41(50)42-45-36-11-3-4-12-37(36)48(42)27-34-9-5-6-19-44-34/h3-14,19,24,26,30,32H,15-18,20-23,25,27-29H2,1-2H3. The van der Waals surface area contributed by atoms with Crippen LogP contribution < -0.4 is 14.2 Å². The van der Waals surface area contributed by atoms with Crippen molar-refractivity contribution >= 4 is 22.7 Å². The molecule has 274 valence electrons. The highest BCUT2D eigenvalue weighted by Gasteiger charge is 2.42. The normalized spacial score (nSPS) is 19.0. The van der Waals surface area contributed by atoms with Crippen molar-refractivity contribution in [2.75, 3.05) is 39.5 Å². The van der Waals surface area contributed by atoms with Gasteiger partial charge in [0.2, 0.25) is 18.5 Å². The first-order chi connectivity index (χ1) is 25.8. The summed E-state index contributed by atoms with van der Waals surface area (Å²) >= 11 is 0. The van der Waals surface area contributed by atoms with Crippen LogP contribution in [0.3, 0.4) is 0 Å². The first-order valence-corrected chi connectivity index (χ1v) is 18.9. The molecule has 0 saturated carbocycles. The Labute approximate surface area is 310 Å². The summed E-state index contributed by atoms with van der Waals surface area (Å²) in [6.07, 6.45) is 5.53. The van der Waals surface area contributed by atoms with Gasteiger partial charge in [-0.2, -0.15) is 0 Å². The lowest BCUT2D eigenvalue weighted by Crippen LogP contribution is -2.41. The Balaban J connectivity index is 0.945. The second-order valence-corrected chi connectivity index (χ2v) is 15.0. The third kappa shape index (κ3) is 7.51. The molecule has 0 radical (unpaired) electrons. The molecule has 8 rings (SSSR count). The number of hydrogen-bond donors (Lipinski definition) is 0. The summed E-state index contributed by atoms with van der Waals surface area (Å²) in [5.41, 5.74) is 4.59. The summed E-state index contributed by atoms with van der Waals surface area (Å²) in [7, 11) is 0. The van der Waals surface area contributed by atoms with Gasteiger partial charge in [-0.05, 0) is 119 Å². The van der Waals surface area contributed by atoms with Crippen molar-refractivity contribution in [2.24, 2.45) is 5.92 Å². The molecule has 0 bridgehead atoms. The van der Waals surface area contributed by atoms with E-state index in [2.05, 4.69) is 22.0 Å². The van der Waals surface area contributed by atoms with Gasteiger partial charge in [0.15, 0.2) is 17.3 Å². The van der Waals surface area contributed by atoms with Crippen LogP contribution in [0.2, 0.25) is 0 Å². The van der Waals surface area contributed by atoms with Gasteiger partial charge in [0.1, 0.15) is 5.75 Å². The van der Waals surface area contributed by atoms with E-state index in [0.717, 1.165) is 84.9 Å². The fourth-order valence-electron chi connectivity index (χ4n) is 8.23. The van der Waals surface area contributed by atoms with E-state index in [1.807, 2.05) is 96.1 Å². The Kier molecular flexibility index (Phi) is 9.88. The molecule has 3 aliphatic rings. The van der Waals surface area contributed by atoms with Gasteiger partial charge in [0.05, 0.1) is 35.8 Å². The van der Waals surface area contributed by atoms with E-state index in [9.17, 15) is 9.59 Å². The zero-order valence-corrected chi connectivity index (χ0v) is 30.6. The first-order valence-electron chi connectivity index (χ1n) is 18.9. The SMILES string of the molecule is CC(C)Oc1cccc(CC(=O)N2CCC(CCN3CCC(C(=O)c4nc5ccccc5n4Cc4ccccn4)CC3)(c3ccc4c(c3)OCO4)C2)c1. The Morgan fingerprint density at radius 2 is 1.75 bits per heavy atom. The number of piperidine rings is 1. The average Bonchev–Trinajstić information content (AvgIpc) is 3.92. The van der Waals surface area contributed by atoms with Crippen molar-refractivity contribution in [3.63, 3.8) is 0 Å². The minimum Gasteiger partial charge on any atom is -0.491 e. The average molecular weight is 714 g/mol. The highest BCUT2D eigenvalue weighted by atomic mass is 16.7. The van der Waals surface area contributed by atoms with Gasteiger partial charge in [0, 0.05) is 30.6 Å². The Bertz CT molecular complexity index is 2090. The van der Waals surface area contributed by atoms with Crippen LogP contribution in [-0.4, -0.2) is 81.6 Å². The number of amides is 1. The number of hydrogen-bond acceptors (Lipinski definition) is 8. The number of ketones is 1. The molecular formula is C43H47N5O5. The number of ether oxygens (including phenoxy) is 3. The van der Waals surface area contributed by atoms with Gasteiger partial charge in [-0.3, -0.25) is 14.6 Å². The number of fused-ring (bicyclic) bond motifs is 2. The van der Waals surface area contributed by atoms with Gasteiger partial charge in [-0.15, -0.1) is 0 Å². The van der Waals surface area contributed by atoms with E-state index in [0.29, 0.717) is 31.9 Å². The molecule has 2 aromatic heterocycles. The van der Waals surface area contributed by atoms with Crippen molar-refractivity contribution in [3.8, 4) is 17.2 Å². The summed E-state index contributed by atoms with van der Waals surface area (Å²) in [5.74, 6) is 2.99. The maximum atomic E-state index is 14.1. The number of aromatic nitrogens is 3. The molecule has 0 spiro atoms. The summed E-state index contributed by atoms with van der Waals surface area (Å²) < 4.78 is 19.3. The fraction of sp³-hybridized carbons (Fsp3) is 0.395. The molecule has 1 atom stereocenters. The first kappa shape index (κ1) is 34.8. The monoisotopic (exact) mass is 713 g/mol. The molecule has 53 heavy (non-hydrogen) atoms. The molecule has 0 N–H and O–H groups in total. The number of benzene rings is 3. The number of carbonyl (C=O) groups is 2. The van der Waals surface area contributed by atoms with Gasteiger partial charge < -0.3 is 28.6 Å². The second kappa shape index (κ2) is 15.0. The Hall–Kier alpha value is -5.22. The quantitative estimate of drug-likeness (QED) is 0.132. The number of pyridine rings is 1. The number of carbonyl (C=O) groups excluding carboxylic acids is 2. The third-order valence-electron chi connectivity index (χ3n) is 11.1. The second-order valence-electron chi connectivity index (χ2n) is 15.0. The van der Waals surface area contributed by atoms with E-state index in [1.165, 1.54) is 5.56 Å². The van der Waals surface area contributed by atoms with Gasteiger partial charge in [-0.25, -0.2) is 4.98 Å². The minimum absolute atomic E-state index is 0.0701. The zero-order chi connectivity index (χ0) is 36.4. The molecular weight excluding hydrogens is 667 g/mol. The molecule has 1 unspecified atom stereocenters. The van der Waals surface area contributed by atoms with Crippen molar-refractivity contribution < 1.29 is 23.8 Å². The van der Waals surface area contributed by atoms with Crippen molar-refractivity contribution in [1.82, 2.24) is 24.3 Å². The fourth-order valence-corrected chi connectivity index (χ4v) is 8.23. The lowest BCUT2D eigenvalue weighted by atomic mass is 9.76. The topological polar surface area (TPSA) is 99.0 Å². The van der Waals surface area contributed by atoms with Crippen LogP contribution in [-0.2, 0) is 23.2 Å². The van der Waals surface area contributed by atoms with Crippen LogP contribution in [0, 0.1) is 5.92 Å². The van der Waals surface area contributed by atoms with Crippen molar-refractivity contribution in [1.29, 1.82) is 0 Å². The lowest BCUT2D eigenvalue weighted by molar-refractivity contribution is -0.129. The predicted octanol–water partition coefficient (Wildman–Crippen LogP) is 6.69. The number of imidazole rings is 1. The molecule has 5 aromatic rings. The number of rotatable bonds is 12. The van der Waals surface area contributed by atoms with Crippen molar-refractivity contribution in [3.05, 3.63) is 114 Å². The van der Waals surface area contributed by atoms with E-state index in [1.54, 1.807) is 6.20 Å². The molecule has 3 aliphatic heterocycles. The molecule has 10 heteroatoms. The van der Waals surface area contributed by atoms with Crippen LogP contribution in [0.4, 0.5) is 0 Å². The predicted molar refractivity (Wildman–Crippen MR) is 203 cm³/mol. The molecule has 2 fully saturated rings. The van der Waals surface area contributed by atoms with Crippen LogP contribution in [0.1, 0.15) is 67.0 Å². The zero-order valence-electron chi connectivity index (χ0n) is 30.6. The number of likely N-dealkylation sites (tertiary alicyclic amines) is 2. The Morgan fingerprint density at radius 1 is 0.925 bits per heavy atom. The summed E-state index contributed by atoms with van der Waals surface area (Å²) in [5, 5.41) is 0. The van der Waals surface area contributed by atoms with Gasteiger partial charge >= 0.3 is 0 Å². The number of Topliss-reactive ketones (excluding diaryl/α,β-unsaturated/α-hetero) is 1. The highest BCUT2D eigenvalue weighted by Crippen LogP contribution is 2.43. The van der Waals surface area contributed by atoms with E-state index >= 15 is 0 Å². The molecule has 3 aromatic carbocycles. The van der Waals surface area contributed by atoms with Crippen molar-refractivity contribution in [2.45, 2.75) is 64.0 Å². The van der Waals surface area contributed by atoms with Gasteiger partial charge in [0.25, 0.3) is 0 Å². The summed E-state index contributed by atoms with van der Waals surface area (Å²) in [6, 6.07) is 27.9. The van der Waals surface area contributed by atoms with E-state index in [-0.39, 0.29) is 35.9 Å². The van der Waals surface area contributed by atoms with E-state index < -0.39 is 0 Å². The van der Waals surface area contributed by atoms with Crippen LogP contribution in [0.5, 0.6) is 17.2 Å². The molecule has 10 nitrogen and oxygen atoms in total. The van der Waals surface area contributed by atoms with Crippen LogP contribution in [0.25, 0.3) is 11.0 Å². The maximum Gasteiger partial charge on any atom is 0.231 e. The smallest absolute Gasteiger partial charge is 0.231 e. The third-order valence-corrected chi connectivity index (χ3v) is 11.1. The lowest BCUT2D eigenvalue weighted by Gasteiger charge is -2.36.